The van der Waals surface area contributed by atoms with Crippen LogP contribution in [0, 0.1) is 0 Å². The minimum Gasteiger partial charge on any atom is -0.508 e. The van der Waals surface area contributed by atoms with Crippen molar-refractivity contribution >= 4 is 5.91 Å². The zero-order chi connectivity index (χ0) is 13.8. The van der Waals surface area contributed by atoms with E-state index in [4.69, 9.17) is 5.11 Å². The van der Waals surface area contributed by atoms with Crippen LogP contribution in [0.1, 0.15) is 23.7 Å². The van der Waals surface area contributed by atoms with Crippen LogP contribution in [0.5, 0.6) is 11.5 Å². The molecule has 0 unspecified atom stereocenters. The molecule has 18 heavy (non-hydrogen) atoms. The number of carbonyl (C=O) groups is 1. The Morgan fingerprint density at radius 3 is 2.33 bits per heavy atom. The molecule has 5 N–H and O–H groups in total. The molecule has 0 radical (unpaired) electrons. The Kier molecular flexibility index (Phi) is 4.52. The van der Waals surface area contributed by atoms with Crippen molar-refractivity contribution in [2.75, 3.05) is 13.2 Å². The van der Waals surface area contributed by atoms with Crippen LogP contribution in [-0.4, -0.2) is 45.1 Å². The molecule has 1 rings (SSSR count). The van der Waals surface area contributed by atoms with Crippen LogP contribution in [0.3, 0.4) is 0 Å². The van der Waals surface area contributed by atoms with Gasteiger partial charge in [-0.15, -0.1) is 0 Å². The predicted molar refractivity (Wildman–Crippen MR) is 64.4 cm³/mol. The molecule has 0 saturated carbocycles. The fourth-order valence-electron chi connectivity index (χ4n) is 1.46. The van der Waals surface area contributed by atoms with Crippen molar-refractivity contribution in [3.05, 3.63) is 23.8 Å². The molecule has 0 bridgehead atoms. The van der Waals surface area contributed by atoms with Gasteiger partial charge in [0.25, 0.3) is 5.91 Å². The van der Waals surface area contributed by atoms with E-state index in [0.29, 0.717) is 6.42 Å². The van der Waals surface area contributed by atoms with Gasteiger partial charge in [-0.05, 0) is 18.6 Å². The molecule has 100 valence electrons. The maximum Gasteiger partial charge on any atom is 0.255 e. The molecule has 1 amide bonds. The number of carbonyl (C=O) groups excluding carboxylic acids is 1. The van der Waals surface area contributed by atoms with Gasteiger partial charge in [-0.3, -0.25) is 4.79 Å². The lowest BCUT2D eigenvalue weighted by Gasteiger charge is -2.29. The number of aromatic hydroxyl groups is 2. The average Bonchev–Trinajstić information content (AvgIpc) is 2.36. The minimum atomic E-state index is -1.12. The monoisotopic (exact) mass is 255 g/mol. The summed E-state index contributed by atoms with van der Waals surface area (Å²) >= 11 is 0. The van der Waals surface area contributed by atoms with Crippen LogP contribution in [-0.2, 0) is 0 Å². The Bertz CT molecular complexity index is 420. The number of benzene rings is 1. The Morgan fingerprint density at radius 1 is 1.28 bits per heavy atom. The molecule has 6 nitrogen and oxygen atoms in total. The van der Waals surface area contributed by atoms with E-state index in [1.807, 2.05) is 0 Å². The number of phenolic OH excluding ortho intramolecular Hbond substituents is 2. The van der Waals surface area contributed by atoms with E-state index < -0.39 is 24.7 Å². The predicted octanol–water partition coefficient (Wildman–Crippen LogP) is -0.0390. The fourth-order valence-corrected chi connectivity index (χ4v) is 1.46. The largest absolute Gasteiger partial charge is 0.508 e. The highest BCUT2D eigenvalue weighted by Crippen LogP contribution is 2.23. The summed E-state index contributed by atoms with van der Waals surface area (Å²) in [5.74, 6) is -1.15. The third-order valence-electron chi connectivity index (χ3n) is 2.89. The summed E-state index contributed by atoms with van der Waals surface area (Å²) in [4.78, 5) is 11.9. The summed E-state index contributed by atoms with van der Waals surface area (Å²) in [6.45, 7) is 0.887. The van der Waals surface area contributed by atoms with E-state index in [1.54, 1.807) is 6.92 Å². The van der Waals surface area contributed by atoms with Crippen LogP contribution < -0.4 is 5.32 Å². The molecule has 0 aliphatic heterocycles. The van der Waals surface area contributed by atoms with Crippen molar-refractivity contribution in [2.45, 2.75) is 18.9 Å². The molecule has 0 heterocycles. The molecule has 6 heteroatoms. The quantitative estimate of drug-likeness (QED) is 0.507. The van der Waals surface area contributed by atoms with Gasteiger partial charge in [0.05, 0.1) is 24.3 Å². The highest BCUT2D eigenvalue weighted by molar-refractivity contribution is 5.97. The standard InChI is InChI=1S/C12H17NO5/c1-2-12(6-14,7-15)13-11(18)9-4-3-8(16)5-10(9)17/h3-5,14-17H,2,6-7H2,1H3,(H,13,18). The molecular weight excluding hydrogens is 238 g/mol. The normalized spacial score (nSPS) is 11.3. The third-order valence-corrected chi connectivity index (χ3v) is 2.89. The lowest BCUT2D eigenvalue weighted by molar-refractivity contribution is 0.0651. The summed E-state index contributed by atoms with van der Waals surface area (Å²) < 4.78 is 0. The van der Waals surface area contributed by atoms with Gasteiger partial charge < -0.3 is 25.7 Å². The molecule has 0 atom stereocenters. The highest BCUT2D eigenvalue weighted by Gasteiger charge is 2.29. The van der Waals surface area contributed by atoms with E-state index in [9.17, 15) is 20.1 Å². The second kappa shape index (κ2) is 5.70. The lowest BCUT2D eigenvalue weighted by Crippen LogP contribution is -2.53. The molecule has 1 aromatic rings. The van der Waals surface area contributed by atoms with Crippen molar-refractivity contribution in [3.8, 4) is 11.5 Å². The summed E-state index contributed by atoms with van der Waals surface area (Å²) in [5.41, 5.74) is -1.16. The Morgan fingerprint density at radius 2 is 1.89 bits per heavy atom. The molecule has 0 aliphatic rings. The zero-order valence-electron chi connectivity index (χ0n) is 10.1. The number of nitrogens with one attached hydrogen (secondary N) is 1. The van der Waals surface area contributed by atoms with Gasteiger partial charge in [0.2, 0.25) is 0 Å². The highest BCUT2D eigenvalue weighted by atomic mass is 16.3. The van der Waals surface area contributed by atoms with E-state index in [2.05, 4.69) is 5.32 Å². The Hall–Kier alpha value is -1.79. The first-order valence-corrected chi connectivity index (χ1v) is 5.54. The second-order valence-electron chi connectivity index (χ2n) is 4.11. The van der Waals surface area contributed by atoms with Crippen molar-refractivity contribution < 1.29 is 25.2 Å². The van der Waals surface area contributed by atoms with Crippen molar-refractivity contribution in [1.29, 1.82) is 0 Å². The number of rotatable bonds is 5. The molecule has 1 aromatic carbocycles. The first kappa shape index (κ1) is 14.3. The Labute approximate surface area is 105 Å². The van der Waals surface area contributed by atoms with Crippen LogP contribution in [0.15, 0.2) is 18.2 Å². The summed E-state index contributed by atoms with van der Waals surface area (Å²) in [6, 6.07) is 3.57. The molecule has 0 aromatic heterocycles. The lowest BCUT2D eigenvalue weighted by atomic mass is 9.97. The number of amides is 1. The van der Waals surface area contributed by atoms with Gasteiger partial charge in [-0.1, -0.05) is 6.92 Å². The number of hydrogen-bond acceptors (Lipinski definition) is 5. The van der Waals surface area contributed by atoms with E-state index in [1.165, 1.54) is 12.1 Å². The van der Waals surface area contributed by atoms with E-state index >= 15 is 0 Å². The van der Waals surface area contributed by atoms with Crippen molar-refractivity contribution in [1.82, 2.24) is 5.32 Å². The number of phenols is 2. The molecule has 0 saturated heterocycles. The van der Waals surface area contributed by atoms with Gasteiger partial charge in [0.1, 0.15) is 11.5 Å². The van der Waals surface area contributed by atoms with Gasteiger partial charge in [-0.2, -0.15) is 0 Å². The molecule has 0 aliphatic carbocycles. The summed E-state index contributed by atoms with van der Waals surface area (Å²) in [7, 11) is 0. The number of aliphatic hydroxyl groups excluding tert-OH is 2. The van der Waals surface area contributed by atoms with Gasteiger partial charge >= 0.3 is 0 Å². The number of hydrogen-bond donors (Lipinski definition) is 5. The topological polar surface area (TPSA) is 110 Å². The second-order valence-corrected chi connectivity index (χ2v) is 4.11. The van der Waals surface area contributed by atoms with Gasteiger partial charge in [-0.25, -0.2) is 0 Å². The smallest absolute Gasteiger partial charge is 0.255 e. The first-order chi connectivity index (χ1) is 8.48. The summed E-state index contributed by atoms with van der Waals surface area (Å²) in [6.07, 6.45) is 0.338. The molecule has 0 spiro atoms. The minimum absolute atomic E-state index is 0.0347. The first-order valence-electron chi connectivity index (χ1n) is 5.54. The van der Waals surface area contributed by atoms with Crippen LogP contribution >= 0.6 is 0 Å². The van der Waals surface area contributed by atoms with Gasteiger partial charge in [0, 0.05) is 6.07 Å². The fraction of sp³-hybridized carbons (Fsp3) is 0.417. The SMILES string of the molecule is CCC(CO)(CO)NC(=O)c1ccc(O)cc1O. The number of aliphatic hydroxyl groups is 2. The Balaban J connectivity index is 2.94. The van der Waals surface area contributed by atoms with Crippen molar-refractivity contribution in [3.63, 3.8) is 0 Å². The molecular formula is C12H17NO5. The van der Waals surface area contributed by atoms with Crippen LogP contribution in [0.4, 0.5) is 0 Å². The third kappa shape index (κ3) is 2.91. The summed E-state index contributed by atoms with van der Waals surface area (Å²) in [5, 5.41) is 39.5. The van der Waals surface area contributed by atoms with Crippen LogP contribution in [0.25, 0.3) is 0 Å². The van der Waals surface area contributed by atoms with Crippen molar-refractivity contribution in [2.24, 2.45) is 0 Å². The maximum absolute atomic E-state index is 11.9. The molecule has 0 fully saturated rings. The van der Waals surface area contributed by atoms with E-state index in [0.717, 1.165) is 6.07 Å². The maximum atomic E-state index is 11.9. The zero-order valence-corrected chi connectivity index (χ0v) is 10.1. The average molecular weight is 255 g/mol. The van der Waals surface area contributed by atoms with E-state index in [-0.39, 0.29) is 17.1 Å². The van der Waals surface area contributed by atoms with Gasteiger partial charge in [0.15, 0.2) is 0 Å². The van der Waals surface area contributed by atoms with Crippen LogP contribution in [0.2, 0.25) is 0 Å².